The van der Waals surface area contributed by atoms with Gasteiger partial charge in [-0.2, -0.15) is 5.26 Å². The van der Waals surface area contributed by atoms with Crippen molar-refractivity contribution in [3.63, 3.8) is 0 Å². The molecule has 2 heterocycles. The summed E-state index contributed by atoms with van der Waals surface area (Å²) in [7, 11) is -3.61. The lowest BCUT2D eigenvalue weighted by Gasteiger charge is -2.17. The standard InChI is InChI=1S/C17H18N4O2S/c18-12-14-3-5-16(6-4-14)24(22,23)20-13-15-7-8-19-17(11-15)21-9-1-2-10-21/h3-8,11,20H,1-2,9-10,13H2. The minimum absolute atomic E-state index is 0.148. The highest BCUT2D eigenvalue weighted by Crippen LogP contribution is 2.19. The maximum atomic E-state index is 12.3. The average Bonchev–Trinajstić information content (AvgIpc) is 3.15. The van der Waals surface area contributed by atoms with E-state index in [1.807, 2.05) is 12.1 Å². The third-order valence-electron chi connectivity index (χ3n) is 4.00. The third kappa shape index (κ3) is 3.72. The van der Waals surface area contributed by atoms with Gasteiger partial charge in [-0.15, -0.1) is 0 Å². The highest BCUT2D eigenvalue weighted by atomic mass is 32.2. The van der Waals surface area contributed by atoms with Crippen molar-refractivity contribution in [2.75, 3.05) is 18.0 Å². The molecule has 7 heteroatoms. The molecule has 1 N–H and O–H groups in total. The molecule has 0 aliphatic carbocycles. The quantitative estimate of drug-likeness (QED) is 0.898. The van der Waals surface area contributed by atoms with Crippen LogP contribution in [0.3, 0.4) is 0 Å². The van der Waals surface area contributed by atoms with E-state index in [0.717, 1.165) is 37.3 Å². The summed E-state index contributed by atoms with van der Waals surface area (Å²) < 4.78 is 27.2. The Labute approximate surface area is 141 Å². The van der Waals surface area contributed by atoms with Gasteiger partial charge < -0.3 is 4.90 Å². The molecular formula is C17H18N4O2S. The van der Waals surface area contributed by atoms with E-state index >= 15 is 0 Å². The first-order valence-corrected chi connectivity index (χ1v) is 9.26. The monoisotopic (exact) mass is 342 g/mol. The molecule has 24 heavy (non-hydrogen) atoms. The predicted octanol–water partition coefficient (Wildman–Crippen LogP) is 2.03. The maximum Gasteiger partial charge on any atom is 0.240 e. The van der Waals surface area contributed by atoms with E-state index in [4.69, 9.17) is 5.26 Å². The van der Waals surface area contributed by atoms with Crippen LogP contribution in [0.2, 0.25) is 0 Å². The minimum Gasteiger partial charge on any atom is -0.357 e. The van der Waals surface area contributed by atoms with Crippen LogP contribution in [-0.2, 0) is 16.6 Å². The summed E-state index contributed by atoms with van der Waals surface area (Å²) >= 11 is 0. The molecule has 0 radical (unpaired) electrons. The summed E-state index contributed by atoms with van der Waals surface area (Å²) in [5.74, 6) is 0.891. The van der Waals surface area contributed by atoms with E-state index in [2.05, 4.69) is 14.6 Å². The number of hydrogen-bond donors (Lipinski definition) is 1. The van der Waals surface area contributed by atoms with Crippen molar-refractivity contribution in [2.45, 2.75) is 24.3 Å². The van der Waals surface area contributed by atoms with Crippen molar-refractivity contribution in [3.8, 4) is 6.07 Å². The highest BCUT2D eigenvalue weighted by Gasteiger charge is 2.16. The van der Waals surface area contributed by atoms with Crippen LogP contribution < -0.4 is 9.62 Å². The Morgan fingerprint density at radius 2 is 1.88 bits per heavy atom. The van der Waals surface area contributed by atoms with E-state index in [0.29, 0.717) is 5.56 Å². The molecule has 0 unspecified atom stereocenters. The second-order valence-corrected chi connectivity index (χ2v) is 7.44. The third-order valence-corrected chi connectivity index (χ3v) is 5.42. The lowest BCUT2D eigenvalue weighted by atomic mass is 10.2. The van der Waals surface area contributed by atoms with Crippen molar-refractivity contribution in [2.24, 2.45) is 0 Å². The van der Waals surface area contributed by atoms with Gasteiger partial charge in [0.05, 0.1) is 16.5 Å². The van der Waals surface area contributed by atoms with Gasteiger partial charge in [-0.05, 0) is 54.8 Å². The molecule has 0 atom stereocenters. The van der Waals surface area contributed by atoms with Gasteiger partial charge in [-0.1, -0.05) is 0 Å². The number of rotatable bonds is 5. The van der Waals surface area contributed by atoms with Gasteiger partial charge in [-0.3, -0.25) is 0 Å². The zero-order valence-corrected chi connectivity index (χ0v) is 14.0. The second kappa shape index (κ2) is 6.99. The number of hydrogen-bond acceptors (Lipinski definition) is 5. The van der Waals surface area contributed by atoms with Crippen LogP contribution >= 0.6 is 0 Å². The lowest BCUT2D eigenvalue weighted by Crippen LogP contribution is -2.24. The molecular weight excluding hydrogens is 324 g/mol. The molecule has 124 valence electrons. The number of nitrogens with zero attached hydrogens (tertiary/aromatic N) is 3. The zero-order chi connectivity index (χ0) is 17.0. The lowest BCUT2D eigenvalue weighted by molar-refractivity contribution is 0.581. The van der Waals surface area contributed by atoms with Gasteiger partial charge >= 0.3 is 0 Å². The average molecular weight is 342 g/mol. The molecule has 1 aliphatic heterocycles. The van der Waals surface area contributed by atoms with E-state index in [9.17, 15) is 8.42 Å². The first-order valence-electron chi connectivity index (χ1n) is 7.78. The molecule has 3 rings (SSSR count). The fourth-order valence-electron chi connectivity index (χ4n) is 2.66. The number of sulfonamides is 1. The van der Waals surface area contributed by atoms with E-state index in [-0.39, 0.29) is 11.4 Å². The van der Waals surface area contributed by atoms with Gasteiger partial charge in [-0.25, -0.2) is 18.1 Å². The first-order chi connectivity index (χ1) is 11.6. The molecule has 0 saturated carbocycles. The Balaban J connectivity index is 1.70. The van der Waals surface area contributed by atoms with Crippen LogP contribution in [0.25, 0.3) is 0 Å². The number of nitrogens with one attached hydrogen (secondary N) is 1. The molecule has 0 bridgehead atoms. The zero-order valence-electron chi connectivity index (χ0n) is 13.1. The molecule has 1 saturated heterocycles. The van der Waals surface area contributed by atoms with E-state index in [1.54, 1.807) is 12.3 Å². The molecule has 0 spiro atoms. The van der Waals surface area contributed by atoms with E-state index in [1.165, 1.54) is 24.3 Å². The number of benzene rings is 1. The Hall–Kier alpha value is -2.43. The Morgan fingerprint density at radius 1 is 1.17 bits per heavy atom. The van der Waals surface area contributed by atoms with Gasteiger partial charge in [0, 0.05) is 25.8 Å². The van der Waals surface area contributed by atoms with Crippen molar-refractivity contribution >= 4 is 15.8 Å². The van der Waals surface area contributed by atoms with Gasteiger partial charge in [0.1, 0.15) is 5.82 Å². The summed E-state index contributed by atoms with van der Waals surface area (Å²) in [6.45, 7) is 2.19. The summed E-state index contributed by atoms with van der Waals surface area (Å²) in [6.07, 6.45) is 4.04. The van der Waals surface area contributed by atoms with Gasteiger partial charge in [0.25, 0.3) is 0 Å². The molecule has 1 aromatic heterocycles. The van der Waals surface area contributed by atoms with Crippen molar-refractivity contribution in [3.05, 3.63) is 53.7 Å². The van der Waals surface area contributed by atoms with Gasteiger partial charge in [0.15, 0.2) is 0 Å². The number of nitriles is 1. The molecule has 1 aliphatic rings. The fraction of sp³-hybridized carbons (Fsp3) is 0.294. The topological polar surface area (TPSA) is 86.1 Å². The van der Waals surface area contributed by atoms with Crippen LogP contribution in [0.5, 0.6) is 0 Å². The fourth-order valence-corrected chi connectivity index (χ4v) is 3.68. The van der Waals surface area contributed by atoms with Crippen LogP contribution in [0.15, 0.2) is 47.5 Å². The predicted molar refractivity (Wildman–Crippen MR) is 90.9 cm³/mol. The number of aromatic nitrogens is 1. The van der Waals surface area contributed by atoms with Crippen LogP contribution in [0, 0.1) is 11.3 Å². The summed E-state index contributed by atoms with van der Waals surface area (Å²) in [6, 6.07) is 11.6. The Morgan fingerprint density at radius 3 is 2.54 bits per heavy atom. The largest absolute Gasteiger partial charge is 0.357 e. The number of anilines is 1. The Bertz CT molecular complexity index is 851. The molecule has 6 nitrogen and oxygen atoms in total. The molecule has 2 aromatic rings. The van der Waals surface area contributed by atoms with Crippen LogP contribution in [0.4, 0.5) is 5.82 Å². The van der Waals surface area contributed by atoms with Crippen LogP contribution in [0.1, 0.15) is 24.0 Å². The summed E-state index contributed by atoms with van der Waals surface area (Å²) in [4.78, 5) is 6.72. The minimum atomic E-state index is -3.61. The Kier molecular flexibility index (Phi) is 4.79. The molecule has 0 amide bonds. The van der Waals surface area contributed by atoms with E-state index < -0.39 is 10.0 Å². The molecule has 1 fully saturated rings. The first kappa shape index (κ1) is 16.4. The number of pyridine rings is 1. The van der Waals surface area contributed by atoms with Crippen molar-refractivity contribution < 1.29 is 8.42 Å². The second-order valence-electron chi connectivity index (χ2n) is 5.68. The smallest absolute Gasteiger partial charge is 0.240 e. The highest BCUT2D eigenvalue weighted by molar-refractivity contribution is 7.89. The SMILES string of the molecule is N#Cc1ccc(S(=O)(=O)NCc2ccnc(N3CCCC3)c2)cc1. The normalized spacial score (nSPS) is 14.5. The maximum absolute atomic E-state index is 12.3. The van der Waals surface area contributed by atoms with Crippen molar-refractivity contribution in [1.82, 2.24) is 9.71 Å². The summed E-state index contributed by atoms with van der Waals surface area (Å²) in [5, 5.41) is 8.77. The van der Waals surface area contributed by atoms with Crippen molar-refractivity contribution in [1.29, 1.82) is 5.26 Å². The molecule has 1 aromatic carbocycles. The van der Waals surface area contributed by atoms with Crippen LogP contribution in [-0.4, -0.2) is 26.5 Å². The van der Waals surface area contributed by atoms with Gasteiger partial charge in [0.2, 0.25) is 10.0 Å². The summed E-state index contributed by atoms with van der Waals surface area (Å²) in [5.41, 5.74) is 1.29.